The van der Waals surface area contributed by atoms with Gasteiger partial charge in [0, 0.05) is 11.6 Å². The van der Waals surface area contributed by atoms with Crippen molar-refractivity contribution in [2.24, 2.45) is 0 Å². The molecule has 0 amide bonds. The van der Waals surface area contributed by atoms with E-state index >= 15 is 0 Å². The second-order valence-corrected chi connectivity index (χ2v) is 5.24. The van der Waals surface area contributed by atoms with Gasteiger partial charge in [-0.2, -0.15) is 0 Å². The normalized spacial score (nSPS) is 10.5. The quantitative estimate of drug-likeness (QED) is 0.390. The second-order valence-electron chi connectivity index (χ2n) is 3.64. The Labute approximate surface area is 128 Å². The first-order valence-corrected chi connectivity index (χ1v) is 6.51. The molecular formula is C12H5Cl4NO2. The van der Waals surface area contributed by atoms with Crippen LogP contribution < -0.4 is 0 Å². The van der Waals surface area contributed by atoms with E-state index in [9.17, 15) is 10.1 Å². The van der Waals surface area contributed by atoms with E-state index in [1.807, 2.05) is 0 Å². The van der Waals surface area contributed by atoms with Crippen LogP contribution in [-0.2, 0) is 0 Å². The highest BCUT2D eigenvalue weighted by atomic mass is 35.5. The van der Waals surface area contributed by atoms with Gasteiger partial charge in [-0.25, -0.2) is 0 Å². The molecule has 0 saturated carbocycles. The van der Waals surface area contributed by atoms with Crippen molar-refractivity contribution in [2.45, 2.75) is 0 Å². The fourth-order valence-corrected chi connectivity index (χ4v) is 2.53. The maximum absolute atomic E-state index is 10.9. The Balaban J connectivity index is 2.70. The summed E-state index contributed by atoms with van der Waals surface area (Å²) in [4.78, 5) is 10.3. The Morgan fingerprint density at radius 2 is 1.47 bits per heavy atom. The van der Waals surface area contributed by atoms with Crippen molar-refractivity contribution in [3.63, 3.8) is 0 Å². The van der Waals surface area contributed by atoms with Crippen LogP contribution in [0.15, 0.2) is 30.3 Å². The Hall–Kier alpha value is -1.000. The summed E-state index contributed by atoms with van der Waals surface area (Å²) in [7, 11) is 0. The largest absolute Gasteiger partial charge is 0.288 e. The third-order valence-corrected chi connectivity index (χ3v) is 3.91. The lowest BCUT2D eigenvalue weighted by atomic mass is 10.0. The lowest BCUT2D eigenvalue weighted by Gasteiger charge is -2.09. The molecule has 0 spiro atoms. The number of benzene rings is 2. The Morgan fingerprint density at radius 1 is 0.895 bits per heavy atom. The molecule has 0 atom stereocenters. The molecule has 0 fully saturated rings. The van der Waals surface area contributed by atoms with Crippen molar-refractivity contribution in [1.82, 2.24) is 0 Å². The topological polar surface area (TPSA) is 43.1 Å². The van der Waals surface area contributed by atoms with Gasteiger partial charge in [-0.15, -0.1) is 0 Å². The molecule has 3 nitrogen and oxygen atoms in total. The van der Waals surface area contributed by atoms with E-state index in [2.05, 4.69) is 0 Å². The monoisotopic (exact) mass is 335 g/mol. The predicted octanol–water partition coefficient (Wildman–Crippen LogP) is 5.88. The summed E-state index contributed by atoms with van der Waals surface area (Å²) in [5, 5.41) is 11.8. The van der Waals surface area contributed by atoms with Crippen LogP contribution >= 0.6 is 46.4 Å². The molecule has 0 aromatic heterocycles. The molecule has 0 radical (unpaired) electrons. The van der Waals surface area contributed by atoms with Gasteiger partial charge in [0.05, 0.1) is 20.0 Å². The molecule has 19 heavy (non-hydrogen) atoms. The maximum atomic E-state index is 10.9. The van der Waals surface area contributed by atoms with Crippen molar-refractivity contribution in [1.29, 1.82) is 0 Å². The number of hydrogen-bond acceptors (Lipinski definition) is 2. The van der Waals surface area contributed by atoms with Crippen molar-refractivity contribution in [3.8, 4) is 11.1 Å². The van der Waals surface area contributed by atoms with Gasteiger partial charge in [0.25, 0.3) is 5.69 Å². The van der Waals surface area contributed by atoms with E-state index < -0.39 is 4.92 Å². The van der Waals surface area contributed by atoms with Crippen LogP contribution in [0.5, 0.6) is 0 Å². The molecule has 98 valence electrons. The van der Waals surface area contributed by atoms with Crippen molar-refractivity contribution in [2.75, 3.05) is 0 Å². The third kappa shape index (κ3) is 2.79. The van der Waals surface area contributed by atoms with Gasteiger partial charge in [-0.3, -0.25) is 10.1 Å². The number of rotatable bonds is 2. The average Bonchev–Trinajstić information content (AvgIpc) is 2.36. The summed E-state index contributed by atoms with van der Waals surface area (Å²) in [5.74, 6) is 0. The van der Waals surface area contributed by atoms with Gasteiger partial charge in [-0.05, 0) is 23.8 Å². The van der Waals surface area contributed by atoms with E-state index in [1.165, 1.54) is 12.1 Å². The molecule has 7 heteroatoms. The first kappa shape index (κ1) is 14.4. The van der Waals surface area contributed by atoms with Gasteiger partial charge in [0.1, 0.15) is 5.02 Å². The summed E-state index contributed by atoms with van der Waals surface area (Å²) < 4.78 is 0. The first-order valence-electron chi connectivity index (χ1n) is 4.99. The Kier molecular flexibility index (Phi) is 4.21. The van der Waals surface area contributed by atoms with Gasteiger partial charge >= 0.3 is 0 Å². The smallest absolute Gasteiger partial charge is 0.258 e. The molecule has 0 aliphatic carbocycles. The van der Waals surface area contributed by atoms with E-state index in [4.69, 9.17) is 46.4 Å². The van der Waals surface area contributed by atoms with Crippen LogP contribution in [0.2, 0.25) is 20.1 Å². The lowest BCUT2D eigenvalue weighted by molar-refractivity contribution is -0.384. The molecule has 0 bridgehead atoms. The summed E-state index contributed by atoms with van der Waals surface area (Å²) in [5.41, 5.74) is 0.704. The molecule has 2 aromatic rings. The Morgan fingerprint density at radius 3 is 2.11 bits per heavy atom. The Bertz CT molecular complexity index is 673. The van der Waals surface area contributed by atoms with Crippen molar-refractivity contribution >= 4 is 52.1 Å². The van der Waals surface area contributed by atoms with Crippen LogP contribution in [0.1, 0.15) is 0 Å². The summed E-state index contributed by atoms with van der Waals surface area (Å²) >= 11 is 23.8. The fraction of sp³-hybridized carbons (Fsp3) is 0. The maximum Gasteiger partial charge on any atom is 0.288 e. The number of nitrogens with zero attached hydrogens (tertiary/aromatic N) is 1. The minimum Gasteiger partial charge on any atom is -0.258 e. The second kappa shape index (κ2) is 5.55. The SMILES string of the molecule is O=[N+]([O-])c1cc(-c2c(Cl)ccc(Cl)c2Cl)ccc1Cl. The molecule has 2 rings (SSSR count). The van der Waals surface area contributed by atoms with Crippen LogP contribution in [0.4, 0.5) is 5.69 Å². The number of halogens is 4. The van der Waals surface area contributed by atoms with Crippen LogP contribution in [0, 0.1) is 10.1 Å². The van der Waals surface area contributed by atoms with E-state index in [1.54, 1.807) is 18.2 Å². The zero-order valence-corrected chi connectivity index (χ0v) is 12.2. The highest BCUT2D eigenvalue weighted by molar-refractivity contribution is 6.46. The standard InChI is InChI=1S/C12H5Cl4NO2/c13-7-2-1-6(5-10(7)17(18)19)11-8(14)3-4-9(15)12(11)16/h1-5H. The summed E-state index contributed by atoms with van der Waals surface area (Å²) in [6.45, 7) is 0. The average molecular weight is 337 g/mol. The van der Waals surface area contributed by atoms with Crippen LogP contribution in [-0.4, -0.2) is 4.92 Å². The predicted molar refractivity (Wildman–Crippen MR) is 78.6 cm³/mol. The zero-order valence-electron chi connectivity index (χ0n) is 9.16. The van der Waals surface area contributed by atoms with E-state index in [-0.39, 0.29) is 15.7 Å². The number of hydrogen-bond donors (Lipinski definition) is 0. The fourth-order valence-electron chi connectivity index (χ4n) is 1.60. The van der Waals surface area contributed by atoms with Crippen molar-refractivity contribution in [3.05, 3.63) is 60.5 Å². The summed E-state index contributed by atoms with van der Waals surface area (Å²) in [6.07, 6.45) is 0. The van der Waals surface area contributed by atoms with E-state index in [0.717, 1.165) is 0 Å². The summed E-state index contributed by atoms with van der Waals surface area (Å²) in [6, 6.07) is 7.46. The van der Waals surface area contributed by atoms with Gasteiger partial charge in [0.15, 0.2) is 0 Å². The van der Waals surface area contributed by atoms with Crippen LogP contribution in [0.3, 0.4) is 0 Å². The number of nitro groups is 1. The first-order chi connectivity index (χ1) is 8.91. The van der Waals surface area contributed by atoms with Gasteiger partial charge in [-0.1, -0.05) is 52.5 Å². The number of nitro benzene ring substituents is 1. The van der Waals surface area contributed by atoms with Crippen molar-refractivity contribution < 1.29 is 4.92 Å². The van der Waals surface area contributed by atoms with Gasteiger partial charge < -0.3 is 0 Å². The van der Waals surface area contributed by atoms with Gasteiger partial charge in [0.2, 0.25) is 0 Å². The molecule has 0 N–H and O–H groups in total. The minimum absolute atomic E-state index is 0.0445. The molecule has 2 aromatic carbocycles. The minimum atomic E-state index is -0.571. The molecule has 0 saturated heterocycles. The molecular weight excluding hydrogens is 332 g/mol. The third-order valence-electron chi connectivity index (χ3n) is 2.48. The molecule has 0 aliphatic heterocycles. The highest BCUT2D eigenvalue weighted by Gasteiger charge is 2.17. The molecule has 0 aliphatic rings. The lowest BCUT2D eigenvalue weighted by Crippen LogP contribution is -1.91. The highest BCUT2D eigenvalue weighted by Crippen LogP contribution is 2.41. The van der Waals surface area contributed by atoms with E-state index in [0.29, 0.717) is 21.2 Å². The molecule has 0 unspecified atom stereocenters. The van der Waals surface area contributed by atoms with Crippen LogP contribution in [0.25, 0.3) is 11.1 Å². The zero-order chi connectivity index (χ0) is 14.2. The molecule has 0 heterocycles.